The second-order valence-electron chi connectivity index (χ2n) is 2.44. The summed E-state index contributed by atoms with van der Waals surface area (Å²) in [4.78, 5) is 11.8. The first-order chi connectivity index (χ1) is 4.86. The molecule has 0 aromatic carbocycles. The Bertz CT molecular complexity index is 116. The van der Waals surface area contributed by atoms with Crippen LogP contribution in [-0.4, -0.2) is 37.1 Å². The number of morpholine rings is 1. The highest BCUT2D eigenvalue weighted by Crippen LogP contribution is 2.05. The lowest BCUT2D eigenvalue weighted by Gasteiger charge is -2.28. The number of hydrogen-bond acceptors (Lipinski definition) is 2. The van der Waals surface area contributed by atoms with Gasteiger partial charge >= 0.3 is 6.41 Å². The van der Waals surface area contributed by atoms with Crippen LogP contribution in [0.2, 0.25) is 0 Å². The lowest BCUT2D eigenvalue weighted by Crippen LogP contribution is -2.41. The average molecular weight is 142 g/mol. The van der Waals surface area contributed by atoms with E-state index in [0.717, 1.165) is 6.42 Å². The lowest BCUT2D eigenvalue weighted by molar-refractivity contribution is -0.00760. The van der Waals surface area contributed by atoms with Gasteiger partial charge in [-0.2, -0.15) is 0 Å². The van der Waals surface area contributed by atoms with Crippen LogP contribution in [0.4, 0.5) is 0 Å². The van der Waals surface area contributed by atoms with Gasteiger partial charge in [0.1, 0.15) is 0 Å². The van der Waals surface area contributed by atoms with E-state index in [1.54, 1.807) is 4.90 Å². The van der Waals surface area contributed by atoms with Crippen LogP contribution in [0.25, 0.3) is 0 Å². The van der Waals surface area contributed by atoms with Gasteiger partial charge in [-0.3, -0.25) is 4.79 Å². The standard InChI is InChI=1S/C7H12NO2/c1-2-7-5-8(6-9)3-4-10-7/h7H,2-5H2,1H3. The number of ether oxygens (including phenoxy) is 1. The van der Waals surface area contributed by atoms with Crippen molar-refractivity contribution in [1.29, 1.82) is 0 Å². The van der Waals surface area contributed by atoms with Gasteiger partial charge in [0.2, 0.25) is 0 Å². The molecular formula is C7H12NO2. The molecule has 1 heterocycles. The van der Waals surface area contributed by atoms with Gasteiger partial charge in [0.25, 0.3) is 0 Å². The van der Waals surface area contributed by atoms with E-state index in [4.69, 9.17) is 4.74 Å². The minimum Gasteiger partial charge on any atom is -0.375 e. The van der Waals surface area contributed by atoms with Crippen LogP contribution in [0.1, 0.15) is 13.3 Å². The first kappa shape index (κ1) is 7.54. The molecule has 1 radical (unpaired) electrons. The monoisotopic (exact) mass is 142 g/mol. The summed E-state index contributed by atoms with van der Waals surface area (Å²) in [6.45, 7) is 4.12. The Hall–Kier alpha value is -0.570. The predicted molar refractivity (Wildman–Crippen MR) is 37.3 cm³/mol. The molecule has 1 amide bonds. The first-order valence-electron chi connectivity index (χ1n) is 3.61. The van der Waals surface area contributed by atoms with Gasteiger partial charge in [-0.15, -0.1) is 0 Å². The van der Waals surface area contributed by atoms with E-state index in [9.17, 15) is 4.79 Å². The van der Waals surface area contributed by atoms with Crippen LogP contribution in [-0.2, 0) is 9.53 Å². The summed E-state index contributed by atoms with van der Waals surface area (Å²) in [7, 11) is 0. The van der Waals surface area contributed by atoms with Crippen molar-refractivity contribution in [3.8, 4) is 0 Å². The van der Waals surface area contributed by atoms with E-state index in [0.29, 0.717) is 19.7 Å². The van der Waals surface area contributed by atoms with Crippen molar-refractivity contribution in [3.63, 3.8) is 0 Å². The van der Waals surface area contributed by atoms with Gasteiger partial charge in [-0.05, 0) is 6.42 Å². The topological polar surface area (TPSA) is 29.5 Å². The number of amides is 1. The first-order valence-corrected chi connectivity index (χ1v) is 3.61. The van der Waals surface area contributed by atoms with E-state index in [2.05, 4.69) is 6.92 Å². The summed E-state index contributed by atoms with van der Waals surface area (Å²) in [5.74, 6) is 0. The molecule has 0 bridgehead atoms. The molecule has 1 aliphatic rings. The molecule has 10 heavy (non-hydrogen) atoms. The van der Waals surface area contributed by atoms with Gasteiger partial charge in [0.05, 0.1) is 12.7 Å². The molecule has 57 valence electrons. The molecule has 3 nitrogen and oxygen atoms in total. The van der Waals surface area contributed by atoms with Crippen molar-refractivity contribution in [2.45, 2.75) is 19.4 Å². The maximum Gasteiger partial charge on any atom is 0.312 e. The fourth-order valence-corrected chi connectivity index (χ4v) is 1.05. The van der Waals surface area contributed by atoms with Crippen molar-refractivity contribution in [3.05, 3.63) is 0 Å². The fraction of sp³-hybridized carbons (Fsp3) is 0.857. The Morgan fingerprint density at radius 2 is 2.60 bits per heavy atom. The molecule has 0 aliphatic carbocycles. The van der Waals surface area contributed by atoms with Crippen molar-refractivity contribution in [2.24, 2.45) is 0 Å². The van der Waals surface area contributed by atoms with Gasteiger partial charge in [-0.25, -0.2) is 0 Å². The van der Waals surface area contributed by atoms with E-state index in [1.807, 2.05) is 6.41 Å². The SMILES string of the molecule is CCC1CN([C]=O)CCO1. The molecule has 1 rings (SSSR count). The molecule has 1 saturated heterocycles. The molecule has 0 N–H and O–H groups in total. The Kier molecular flexibility index (Phi) is 2.68. The van der Waals surface area contributed by atoms with E-state index < -0.39 is 0 Å². The zero-order valence-corrected chi connectivity index (χ0v) is 6.17. The zero-order valence-electron chi connectivity index (χ0n) is 6.17. The molecule has 1 atom stereocenters. The molecule has 1 aliphatic heterocycles. The second kappa shape index (κ2) is 3.56. The smallest absolute Gasteiger partial charge is 0.312 e. The number of rotatable bonds is 2. The van der Waals surface area contributed by atoms with Crippen LogP contribution < -0.4 is 0 Å². The summed E-state index contributed by atoms with van der Waals surface area (Å²) in [6, 6.07) is 0. The molecule has 0 saturated carbocycles. The zero-order chi connectivity index (χ0) is 7.40. The summed E-state index contributed by atoms with van der Waals surface area (Å²) >= 11 is 0. The van der Waals surface area contributed by atoms with E-state index in [-0.39, 0.29) is 6.10 Å². The van der Waals surface area contributed by atoms with Crippen LogP contribution in [0, 0.1) is 0 Å². The van der Waals surface area contributed by atoms with E-state index >= 15 is 0 Å². The van der Waals surface area contributed by atoms with Gasteiger partial charge in [-0.1, -0.05) is 6.92 Å². The predicted octanol–water partition coefficient (Wildman–Crippen LogP) is 0.164. The Morgan fingerprint density at radius 1 is 1.80 bits per heavy atom. The maximum absolute atomic E-state index is 10.2. The largest absolute Gasteiger partial charge is 0.375 e. The van der Waals surface area contributed by atoms with Crippen LogP contribution in [0.5, 0.6) is 0 Å². The molecule has 0 aromatic heterocycles. The van der Waals surface area contributed by atoms with E-state index in [1.165, 1.54) is 0 Å². The Morgan fingerprint density at radius 3 is 3.20 bits per heavy atom. The highest BCUT2D eigenvalue weighted by molar-refractivity contribution is 5.48. The molecule has 1 unspecified atom stereocenters. The normalized spacial score (nSPS) is 26.5. The maximum atomic E-state index is 10.2. The third-order valence-corrected chi connectivity index (χ3v) is 1.72. The highest BCUT2D eigenvalue weighted by Gasteiger charge is 2.17. The summed E-state index contributed by atoms with van der Waals surface area (Å²) in [5, 5.41) is 0. The number of nitrogens with zero attached hydrogens (tertiary/aromatic N) is 1. The van der Waals surface area contributed by atoms with Crippen molar-refractivity contribution in [1.82, 2.24) is 4.90 Å². The number of hydrogen-bond donors (Lipinski definition) is 0. The fourth-order valence-electron chi connectivity index (χ4n) is 1.05. The Balaban J connectivity index is 2.31. The number of carbonyl (C=O) groups excluding carboxylic acids is 1. The lowest BCUT2D eigenvalue weighted by atomic mass is 10.2. The van der Waals surface area contributed by atoms with Crippen LogP contribution in [0.3, 0.4) is 0 Å². The molecule has 0 spiro atoms. The van der Waals surface area contributed by atoms with Gasteiger partial charge in [0, 0.05) is 13.1 Å². The summed E-state index contributed by atoms with van der Waals surface area (Å²) < 4.78 is 5.34. The van der Waals surface area contributed by atoms with Crippen molar-refractivity contribution < 1.29 is 9.53 Å². The highest BCUT2D eigenvalue weighted by atomic mass is 16.5. The van der Waals surface area contributed by atoms with Gasteiger partial charge < -0.3 is 9.64 Å². The van der Waals surface area contributed by atoms with Gasteiger partial charge in [0.15, 0.2) is 0 Å². The van der Waals surface area contributed by atoms with Crippen LogP contribution in [0.15, 0.2) is 0 Å². The summed E-state index contributed by atoms with van der Waals surface area (Å²) in [6.07, 6.45) is 3.07. The van der Waals surface area contributed by atoms with Crippen molar-refractivity contribution in [2.75, 3.05) is 19.7 Å². The second-order valence-corrected chi connectivity index (χ2v) is 2.44. The minimum atomic E-state index is 0.232. The summed E-state index contributed by atoms with van der Waals surface area (Å²) in [5.41, 5.74) is 0. The quantitative estimate of drug-likeness (QED) is 0.550. The molecule has 3 heteroatoms. The van der Waals surface area contributed by atoms with Crippen molar-refractivity contribution >= 4 is 6.41 Å². The average Bonchev–Trinajstić information content (AvgIpc) is 2.05. The minimum absolute atomic E-state index is 0.232. The molecule has 0 aromatic rings. The molecule has 1 fully saturated rings. The third-order valence-electron chi connectivity index (χ3n) is 1.72. The third kappa shape index (κ3) is 1.70. The van der Waals surface area contributed by atoms with Crippen LogP contribution >= 0.6 is 0 Å². The molecular weight excluding hydrogens is 130 g/mol. The Labute approximate surface area is 61.0 Å².